The Bertz CT molecular complexity index is 1060. The Morgan fingerprint density at radius 2 is 1.68 bits per heavy atom. The summed E-state index contributed by atoms with van der Waals surface area (Å²) in [5.41, 5.74) is 1.11. The van der Waals surface area contributed by atoms with Crippen LogP contribution >= 0.6 is 0 Å². The summed E-state index contributed by atoms with van der Waals surface area (Å²) >= 11 is 0. The minimum Gasteiger partial charge on any atom is -0.507 e. The zero-order valence-corrected chi connectivity index (χ0v) is 20.3. The van der Waals surface area contributed by atoms with Crippen LogP contribution in [-0.2, 0) is 9.59 Å². The third-order valence-electron chi connectivity index (χ3n) is 5.57. The maximum atomic E-state index is 13.1. The van der Waals surface area contributed by atoms with Crippen molar-refractivity contribution in [2.75, 3.05) is 47.5 Å². The quantitative estimate of drug-likeness (QED) is 0.324. The molecule has 0 aromatic heterocycles. The van der Waals surface area contributed by atoms with E-state index in [0.717, 1.165) is 0 Å². The molecule has 1 saturated heterocycles. The molecule has 2 aromatic rings. The zero-order valence-electron chi connectivity index (χ0n) is 20.3. The van der Waals surface area contributed by atoms with Crippen molar-refractivity contribution in [2.24, 2.45) is 0 Å². The van der Waals surface area contributed by atoms with Crippen LogP contribution in [0.15, 0.2) is 48.0 Å². The predicted molar refractivity (Wildman–Crippen MR) is 129 cm³/mol. The smallest absolute Gasteiger partial charge is 0.295 e. The van der Waals surface area contributed by atoms with Crippen LogP contribution in [0.5, 0.6) is 17.2 Å². The van der Waals surface area contributed by atoms with Gasteiger partial charge >= 0.3 is 0 Å². The highest BCUT2D eigenvalue weighted by Gasteiger charge is 2.46. The van der Waals surface area contributed by atoms with E-state index in [2.05, 4.69) is 0 Å². The van der Waals surface area contributed by atoms with Crippen LogP contribution in [0.3, 0.4) is 0 Å². The Labute approximate surface area is 200 Å². The molecule has 0 aliphatic carbocycles. The number of carbonyl (C=O) groups excluding carboxylic acids is 2. The normalized spacial score (nSPS) is 17.4. The van der Waals surface area contributed by atoms with E-state index in [1.54, 1.807) is 42.5 Å². The third kappa shape index (κ3) is 5.17. The summed E-state index contributed by atoms with van der Waals surface area (Å²) in [4.78, 5) is 29.6. The molecule has 1 aliphatic heterocycles. The second kappa shape index (κ2) is 11.1. The van der Waals surface area contributed by atoms with E-state index < -0.39 is 17.7 Å². The highest BCUT2D eigenvalue weighted by Crippen LogP contribution is 2.42. The first kappa shape index (κ1) is 25.1. The predicted octanol–water partition coefficient (Wildman–Crippen LogP) is 3.48. The van der Waals surface area contributed by atoms with Crippen LogP contribution in [-0.4, -0.2) is 74.1 Å². The summed E-state index contributed by atoms with van der Waals surface area (Å²) in [5.74, 6) is 0.101. The number of ether oxygens (including phenoxy) is 3. The Morgan fingerprint density at radius 1 is 1.00 bits per heavy atom. The second-order valence-corrected chi connectivity index (χ2v) is 8.10. The molecule has 0 bridgehead atoms. The van der Waals surface area contributed by atoms with Crippen LogP contribution in [0.1, 0.15) is 31.0 Å². The number of ketones is 1. The molecule has 0 spiro atoms. The van der Waals surface area contributed by atoms with Gasteiger partial charge in [0.15, 0.2) is 11.5 Å². The summed E-state index contributed by atoms with van der Waals surface area (Å²) in [6.07, 6.45) is 0. The van der Waals surface area contributed by atoms with Gasteiger partial charge in [-0.1, -0.05) is 6.07 Å². The van der Waals surface area contributed by atoms with Crippen molar-refractivity contribution in [3.05, 3.63) is 59.2 Å². The van der Waals surface area contributed by atoms with Gasteiger partial charge in [0.25, 0.3) is 11.7 Å². The van der Waals surface area contributed by atoms with E-state index in [-0.39, 0.29) is 11.3 Å². The number of aliphatic hydroxyl groups is 1. The van der Waals surface area contributed by atoms with Crippen LogP contribution in [0.2, 0.25) is 0 Å². The number of rotatable bonds is 10. The number of hydrogen-bond donors (Lipinski definition) is 1. The van der Waals surface area contributed by atoms with Gasteiger partial charge in [0.05, 0.1) is 31.9 Å². The highest BCUT2D eigenvalue weighted by atomic mass is 16.5. The van der Waals surface area contributed by atoms with Gasteiger partial charge in [-0.2, -0.15) is 0 Å². The molecule has 1 amide bonds. The van der Waals surface area contributed by atoms with Crippen LogP contribution in [0.25, 0.3) is 5.76 Å². The number of nitrogens with zero attached hydrogens (tertiary/aromatic N) is 2. The largest absolute Gasteiger partial charge is 0.507 e. The second-order valence-electron chi connectivity index (χ2n) is 8.10. The fraction of sp³-hybridized carbons (Fsp3) is 0.385. The van der Waals surface area contributed by atoms with Crippen molar-refractivity contribution in [3.63, 3.8) is 0 Å². The van der Waals surface area contributed by atoms with Crippen LogP contribution < -0.4 is 14.2 Å². The van der Waals surface area contributed by atoms with Crippen molar-refractivity contribution in [1.29, 1.82) is 0 Å². The van der Waals surface area contributed by atoms with Crippen molar-refractivity contribution < 1.29 is 28.9 Å². The maximum absolute atomic E-state index is 13.1. The molecule has 0 saturated carbocycles. The number of methoxy groups -OCH3 is 1. The summed E-state index contributed by atoms with van der Waals surface area (Å²) < 4.78 is 16.6. The topological polar surface area (TPSA) is 88.5 Å². The highest BCUT2D eigenvalue weighted by molar-refractivity contribution is 6.46. The van der Waals surface area contributed by atoms with E-state index in [9.17, 15) is 14.7 Å². The Kier molecular flexibility index (Phi) is 8.17. The summed E-state index contributed by atoms with van der Waals surface area (Å²) in [6, 6.07) is 11.3. The number of carbonyl (C=O) groups is 2. The van der Waals surface area contributed by atoms with Crippen molar-refractivity contribution in [2.45, 2.75) is 19.9 Å². The lowest BCUT2D eigenvalue weighted by Gasteiger charge is -2.27. The molecule has 1 N–H and O–H groups in total. The van der Waals surface area contributed by atoms with E-state index in [4.69, 9.17) is 14.2 Å². The lowest BCUT2D eigenvalue weighted by molar-refractivity contribution is -0.140. The number of benzene rings is 2. The molecule has 1 fully saturated rings. The van der Waals surface area contributed by atoms with Crippen molar-refractivity contribution >= 4 is 17.4 Å². The maximum Gasteiger partial charge on any atom is 0.295 e. The summed E-state index contributed by atoms with van der Waals surface area (Å²) in [5, 5.41) is 11.2. The number of likely N-dealkylation sites (N-methyl/N-ethyl adjacent to an activating group) is 1. The molecule has 0 radical (unpaired) electrons. The molecule has 8 heteroatoms. The standard InChI is InChI=1S/C26H32N2O6/c1-6-33-19-11-8-17(9-12-19)24(29)22-23(28(15-14-27(3)4)26(31)25(22)30)18-10-13-20(34-7-2)21(16-18)32-5/h8-13,16,23,29H,6-7,14-15H2,1-5H3/b24-22+/t23-/m0/s1. The average molecular weight is 469 g/mol. The van der Waals surface area contributed by atoms with Gasteiger partial charge in [0.1, 0.15) is 11.5 Å². The molecule has 1 atom stereocenters. The Morgan fingerprint density at radius 3 is 2.26 bits per heavy atom. The molecular weight excluding hydrogens is 436 g/mol. The summed E-state index contributed by atoms with van der Waals surface area (Å²) in [6.45, 7) is 5.61. The zero-order chi connectivity index (χ0) is 24.8. The van der Waals surface area contributed by atoms with Crippen molar-refractivity contribution in [1.82, 2.24) is 9.80 Å². The van der Waals surface area contributed by atoms with Gasteiger partial charge in [-0.3, -0.25) is 9.59 Å². The van der Waals surface area contributed by atoms with Gasteiger partial charge in [-0.25, -0.2) is 0 Å². The molecule has 34 heavy (non-hydrogen) atoms. The lowest BCUT2D eigenvalue weighted by atomic mass is 9.95. The van der Waals surface area contributed by atoms with E-state index >= 15 is 0 Å². The van der Waals surface area contributed by atoms with Gasteiger partial charge in [0, 0.05) is 18.7 Å². The first-order valence-corrected chi connectivity index (χ1v) is 11.3. The molecular formula is C26H32N2O6. The molecule has 1 aliphatic rings. The number of hydrogen-bond acceptors (Lipinski definition) is 7. The molecule has 2 aromatic carbocycles. The van der Waals surface area contributed by atoms with Crippen molar-refractivity contribution in [3.8, 4) is 17.2 Å². The minimum absolute atomic E-state index is 0.0409. The Hall–Kier alpha value is -3.52. The number of amides is 1. The van der Waals surface area contributed by atoms with Gasteiger partial charge in [0.2, 0.25) is 0 Å². The Balaban J connectivity index is 2.13. The van der Waals surface area contributed by atoms with E-state index in [1.165, 1.54) is 12.0 Å². The van der Waals surface area contributed by atoms with Crippen LogP contribution in [0.4, 0.5) is 0 Å². The molecule has 8 nitrogen and oxygen atoms in total. The molecule has 182 valence electrons. The van der Waals surface area contributed by atoms with Gasteiger partial charge < -0.3 is 29.1 Å². The van der Waals surface area contributed by atoms with Crippen LogP contribution in [0, 0.1) is 0 Å². The minimum atomic E-state index is -0.768. The van der Waals surface area contributed by atoms with E-state index in [0.29, 0.717) is 54.7 Å². The van der Waals surface area contributed by atoms with Gasteiger partial charge in [-0.15, -0.1) is 0 Å². The molecule has 1 heterocycles. The fourth-order valence-corrected chi connectivity index (χ4v) is 3.93. The first-order chi connectivity index (χ1) is 16.3. The summed E-state index contributed by atoms with van der Waals surface area (Å²) in [7, 11) is 5.32. The van der Waals surface area contributed by atoms with E-state index in [1.807, 2.05) is 32.8 Å². The third-order valence-corrected chi connectivity index (χ3v) is 5.57. The molecule has 0 unspecified atom stereocenters. The molecule has 3 rings (SSSR count). The number of aliphatic hydroxyl groups excluding tert-OH is 1. The SMILES string of the molecule is CCOc1ccc(/C(O)=C2\C(=O)C(=O)N(CCN(C)C)[C@H]2c2ccc(OCC)c(OC)c2)cc1. The average Bonchev–Trinajstić information content (AvgIpc) is 3.08. The number of likely N-dealkylation sites (tertiary alicyclic amines) is 1. The number of Topliss-reactive ketones (excluding diaryl/α,β-unsaturated/α-hetero) is 1. The fourth-order valence-electron chi connectivity index (χ4n) is 3.93. The monoisotopic (exact) mass is 468 g/mol. The lowest BCUT2D eigenvalue weighted by Crippen LogP contribution is -2.35. The van der Waals surface area contributed by atoms with Gasteiger partial charge in [-0.05, 0) is 69.9 Å². The first-order valence-electron chi connectivity index (χ1n) is 11.3.